The Morgan fingerprint density at radius 1 is 0.935 bits per heavy atom. The molecule has 1 aliphatic rings. The van der Waals surface area contributed by atoms with Crippen LogP contribution in [0.4, 0.5) is 24.3 Å². The summed E-state index contributed by atoms with van der Waals surface area (Å²) >= 11 is 7.91. The molecule has 4 aromatic rings. The highest BCUT2D eigenvalue weighted by Gasteiger charge is 2.22. The van der Waals surface area contributed by atoms with Crippen LogP contribution in [0.15, 0.2) is 54.6 Å². The van der Waals surface area contributed by atoms with Gasteiger partial charge in [-0.05, 0) is 60.7 Å². The smallest absolute Gasteiger partial charge is 0.303 e. The average molecular weight is 455 g/mol. The number of anilines is 2. The van der Waals surface area contributed by atoms with Crippen LogP contribution < -0.4 is 10.6 Å². The first-order chi connectivity index (χ1) is 15.0. The summed E-state index contributed by atoms with van der Waals surface area (Å²) in [5, 5.41) is 7.20. The van der Waals surface area contributed by atoms with Crippen molar-refractivity contribution in [2.45, 2.75) is 19.3 Å². The first-order valence-electron chi connectivity index (χ1n) is 9.86. The number of nitrogens with one attached hydrogen (secondary N) is 2. The van der Waals surface area contributed by atoms with Gasteiger partial charge in [-0.25, -0.2) is 13.6 Å². The lowest BCUT2D eigenvalue weighted by Crippen LogP contribution is -2.20. The van der Waals surface area contributed by atoms with Gasteiger partial charge in [0.2, 0.25) is 0 Å². The van der Waals surface area contributed by atoms with E-state index < -0.39 is 23.4 Å². The summed E-state index contributed by atoms with van der Waals surface area (Å²) in [6, 6.07) is 14.5. The largest absolute Gasteiger partial charge is 0.324 e. The molecule has 0 bridgehead atoms. The number of carbonyl (C=O) groups excluding carboxylic acids is 1. The summed E-state index contributed by atoms with van der Waals surface area (Å²) in [6.07, 6.45) is 3.20. The number of benzene rings is 3. The minimum atomic E-state index is -0.839. The Kier molecular flexibility index (Phi) is 5.12. The number of para-hydroxylation sites is 1. The monoisotopic (exact) mass is 454 g/mol. The molecule has 1 aromatic heterocycles. The lowest BCUT2D eigenvalue weighted by Gasteiger charge is -2.11. The van der Waals surface area contributed by atoms with Crippen molar-refractivity contribution in [2.75, 3.05) is 10.6 Å². The Hall–Kier alpha value is -2.96. The van der Waals surface area contributed by atoms with E-state index in [9.17, 15) is 13.6 Å². The molecule has 1 aliphatic carbocycles. The van der Waals surface area contributed by atoms with Crippen molar-refractivity contribution in [3.63, 3.8) is 0 Å². The number of hydrogen-bond acceptors (Lipinski definition) is 2. The first kappa shape index (κ1) is 20.0. The van der Waals surface area contributed by atoms with Gasteiger partial charge in [0, 0.05) is 26.2 Å². The predicted molar refractivity (Wildman–Crippen MR) is 123 cm³/mol. The van der Waals surface area contributed by atoms with Crippen LogP contribution in [0.1, 0.15) is 17.5 Å². The molecule has 0 radical (unpaired) electrons. The number of thiophene rings is 1. The second-order valence-corrected chi connectivity index (χ2v) is 8.89. The van der Waals surface area contributed by atoms with Crippen LogP contribution in [0.5, 0.6) is 0 Å². The van der Waals surface area contributed by atoms with Crippen LogP contribution in [0, 0.1) is 11.6 Å². The minimum absolute atomic E-state index is 0.487. The zero-order valence-electron chi connectivity index (χ0n) is 16.3. The minimum Gasteiger partial charge on any atom is -0.303 e. The molecular formula is C24H17ClF2N2OS. The van der Waals surface area contributed by atoms with Crippen molar-refractivity contribution in [2.24, 2.45) is 0 Å². The van der Waals surface area contributed by atoms with Gasteiger partial charge in [0.25, 0.3) is 0 Å². The van der Waals surface area contributed by atoms with Crippen LogP contribution in [0.25, 0.3) is 21.2 Å². The number of fused-ring (bicyclic) bond motifs is 2. The Balaban J connectivity index is 1.59. The van der Waals surface area contributed by atoms with E-state index in [1.807, 2.05) is 18.2 Å². The van der Waals surface area contributed by atoms with Gasteiger partial charge in [-0.15, -0.1) is 11.3 Å². The third-order valence-electron chi connectivity index (χ3n) is 5.47. The van der Waals surface area contributed by atoms with E-state index in [4.69, 9.17) is 11.6 Å². The number of aryl methyl sites for hydroxylation is 2. The predicted octanol–water partition coefficient (Wildman–Crippen LogP) is 7.63. The normalized spacial score (nSPS) is 12.7. The van der Waals surface area contributed by atoms with Gasteiger partial charge < -0.3 is 5.32 Å². The number of urea groups is 1. The lowest BCUT2D eigenvalue weighted by atomic mass is 10.0. The molecule has 3 nitrogen and oxygen atoms in total. The van der Waals surface area contributed by atoms with Crippen molar-refractivity contribution in [3.05, 3.63) is 82.4 Å². The SMILES string of the molecule is O=C(Nc1sc2cc3c(cc2c1-c1ccccc1Cl)CCC3)Nc1c(F)cccc1F. The first-order valence-corrected chi connectivity index (χ1v) is 11.1. The summed E-state index contributed by atoms with van der Waals surface area (Å²) < 4.78 is 28.9. The molecule has 31 heavy (non-hydrogen) atoms. The summed E-state index contributed by atoms with van der Waals surface area (Å²) in [7, 11) is 0. The van der Waals surface area contributed by atoms with Crippen molar-refractivity contribution in [3.8, 4) is 11.1 Å². The average Bonchev–Trinajstić information content (AvgIpc) is 3.33. The summed E-state index contributed by atoms with van der Waals surface area (Å²) in [6.45, 7) is 0. The molecule has 3 aromatic carbocycles. The van der Waals surface area contributed by atoms with Crippen LogP contribution in [-0.4, -0.2) is 6.03 Å². The Morgan fingerprint density at radius 2 is 1.65 bits per heavy atom. The third-order valence-corrected chi connectivity index (χ3v) is 6.87. The third kappa shape index (κ3) is 3.66. The number of hydrogen-bond donors (Lipinski definition) is 2. The fraction of sp³-hybridized carbons (Fsp3) is 0.125. The molecule has 0 atom stereocenters. The van der Waals surface area contributed by atoms with E-state index >= 15 is 0 Å². The fourth-order valence-electron chi connectivity index (χ4n) is 4.05. The molecule has 5 rings (SSSR count). The molecule has 7 heteroatoms. The maximum Gasteiger partial charge on any atom is 0.324 e. The molecule has 156 valence electrons. The van der Waals surface area contributed by atoms with Crippen LogP contribution in [0.2, 0.25) is 5.02 Å². The fourth-order valence-corrected chi connectivity index (χ4v) is 5.44. The summed E-state index contributed by atoms with van der Waals surface area (Å²) in [5.41, 5.74) is 3.75. The molecule has 2 N–H and O–H groups in total. The lowest BCUT2D eigenvalue weighted by molar-refractivity contribution is 0.262. The van der Waals surface area contributed by atoms with Crippen LogP contribution >= 0.6 is 22.9 Å². The number of halogens is 3. The van der Waals surface area contributed by atoms with E-state index in [0.717, 1.165) is 52.6 Å². The number of amides is 2. The molecule has 2 amide bonds. The second kappa shape index (κ2) is 7.94. The quantitative estimate of drug-likeness (QED) is 0.328. The van der Waals surface area contributed by atoms with Crippen molar-refractivity contribution in [1.29, 1.82) is 0 Å². The molecule has 0 spiro atoms. The van der Waals surface area contributed by atoms with E-state index in [0.29, 0.717) is 10.0 Å². The second-order valence-electron chi connectivity index (χ2n) is 7.43. The topological polar surface area (TPSA) is 41.1 Å². The Morgan fingerprint density at radius 3 is 2.39 bits per heavy atom. The van der Waals surface area contributed by atoms with Gasteiger partial charge in [-0.2, -0.15) is 0 Å². The molecule has 0 unspecified atom stereocenters. The highest BCUT2D eigenvalue weighted by Crippen LogP contribution is 2.46. The molecule has 1 heterocycles. The van der Waals surface area contributed by atoms with Crippen LogP contribution in [0.3, 0.4) is 0 Å². The molecule has 0 fully saturated rings. The van der Waals surface area contributed by atoms with Gasteiger partial charge in [0.05, 0.1) is 0 Å². The van der Waals surface area contributed by atoms with E-state index in [2.05, 4.69) is 22.8 Å². The van der Waals surface area contributed by atoms with Gasteiger partial charge in [-0.3, -0.25) is 5.32 Å². The maximum atomic E-state index is 14.0. The van der Waals surface area contributed by atoms with Gasteiger partial charge in [0.15, 0.2) is 0 Å². The van der Waals surface area contributed by atoms with Crippen LogP contribution in [-0.2, 0) is 12.8 Å². The highest BCUT2D eigenvalue weighted by atomic mass is 35.5. The Labute approximate surface area is 186 Å². The van der Waals surface area contributed by atoms with E-state index in [1.165, 1.54) is 28.5 Å². The molecular weight excluding hydrogens is 438 g/mol. The van der Waals surface area contributed by atoms with E-state index in [-0.39, 0.29) is 0 Å². The molecule has 0 saturated carbocycles. The number of carbonyl (C=O) groups is 1. The van der Waals surface area contributed by atoms with Crippen molar-refractivity contribution in [1.82, 2.24) is 0 Å². The highest BCUT2D eigenvalue weighted by molar-refractivity contribution is 7.23. The van der Waals surface area contributed by atoms with Gasteiger partial charge >= 0.3 is 6.03 Å². The van der Waals surface area contributed by atoms with Gasteiger partial charge in [0.1, 0.15) is 22.3 Å². The van der Waals surface area contributed by atoms with E-state index in [1.54, 1.807) is 6.07 Å². The summed E-state index contributed by atoms with van der Waals surface area (Å²) in [4.78, 5) is 12.7. The molecule has 0 saturated heterocycles. The number of rotatable bonds is 3. The molecule has 0 aliphatic heterocycles. The zero-order valence-corrected chi connectivity index (χ0v) is 17.8. The van der Waals surface area contributed by atoms with Crippen molar-refractivity contribution < 1.29 is 13.6 Å². The standard InChI is InChI=1S/C24H17ClF2N2OS/c25-17-8-2-1-7-15(17)21-16-11-13-5-3-6-14(13)12-20(16)31-23(21)29-24(30)28-22-18(26)9-4-10-19(22)27/h1-2,4,7-12H,3,5-6H2,(H2,28,29,30). The van der Waals surface area contributed by atoms with Crippen molar-refractivity contribution >= 4 is 49.7 Å². The van der Waals surface area contributed by atoms with Gasteiger partial charge in [-0.1, -0.05) is 35.9 Å². The Bertz CT molecular complexity index is 1310. The zero-order chi connectivity index (χ0) is 21.5. The maximum absolute atomic E-state index is 14.0. The summed E-state index contributed by atoms with van der Waals surface area (Å²) in [5.74, 6) is -1.68.